The van der Waals surface area contributed by atoms with E-state index in [0.717, 1.165) is 25.0 Å². The summed E-state index contributed by atoms with van der Waals surface area (Å²) in [5, 5.41) is 9.01. The molecule has 1 aromatic rings. The summed E-state index contributed by atoms with van der Waals surface area (Å²) in [7, 11) is 0. The zero-order valence-corrected chi connectivity index (χ0v) is 9.75. The van der Waals surface area contributed by atoms with Gasteiger partial charge in [0.1, 0.15) is 11.6 Å². The molecule has 0 aliphatic heterocycles. The lowest BCUT2D eigenvalue weighted by Crippen LogP contribution is -2.17. The van der Waals surface area contributed by atoms with Gasteiger partial charge in [-0.05, 0) is 24.5 Å². The van der Waals surface area contributed by atoms with Crippen molar-refractivity contribution in [3.05, 3.63) is 35.4 Å². The van der Waals surface area contributed by atoms with Crippen molar-refractivity contribution < 1.29 is 18.7 Å². The molecule has 4 heteroatoms. The van der Waals surface area contributed by atoms with Gasteiger partial charge >= 0.3 is 5.97 Å². The molecule has 1 atom stereocenters. The van der Waals surface area contributed by atoms with Crippen molar-refractivity contribution in [2.24, 2.45) is 5.92 Å². The second-order valence-electron chi connectivity index (χ2n) is 4.12. The highest BCUT2D eigenvalue weighted by molar-refractivity contribution is 5.70. The Hall–Kier alpha value is -1.45. The summed E-state index contributed by atoms with van der Waals surface area (Å²) in [6.45, 7) is 1.97. The summed E-state index contributed by atoms with van der Waals surface area (Å²) in [5.74, 6) is -2.85. The topological polar surface area (TPSA) is 37.3 Å². The molecule has 0 saturated carbocycles. The predicted octanol–water partition coefficient (Wildman–Crippen LogP) is 3.40. The number of halogens is 2. The third-order valence-electron chi connectivity index (χ3n) is 2.74. The van der Waals surface area contributed by atoms with Crippen LogP contribution < -0.4 is 0 Å². The number of carboxylic acids is 1. The van der Waals surface area contributed by atoms with Gasteiger partial charge in [0.15, 0.2) is 0 Å². The van der Waals surface area contributed by atoms with Crippen molar-refractivity contribution in [2.45, 2.75) is 32.6 Å². The van der Waals surface area contributed by atoms with Crippen LogP contribution in [0, 0.1) is 17.6 Å². The molecular weight excluding hydrogens is 226 g/mol. The Kier molecular flexibility index (Phi) is 5.07. The van der Waals surface area contributed by atoms with Crippen molar-refractivity contribution in [3.8, 4) is 0 Å². The van der Waals surface area contributed by atoms with Crippen LogP contribution in [-0.4, -0.2) is 11.1 Å². The Morgan fingerprint density at radius 3 is 2.65 bits per heavy atom. The fourth-order valence-electron chi connectivity index (χ4n) is 1.72. The average Bonchev–Trinajstić information content (AvgIpc) is 2.26. The average molecular weight is 242 g/mol. The summed E-state index contributed by atoms with van der Waals surface area (Å²) in [5.41, 5.74) is 0.259. The first kappa shape index (κ1) is 13.6. The maximum atomic E-state index is 13.4. The van der Waals surface area contributed by atoms with E-state index in [1.54, 1.807) is 0 Å². The van der Waals surface area contributed by atoms with E-state index in [9.17, 15) is 13.6 Å². The fraction of sp³-hybridized carbons (Fsp3) is 0.462. The zero-order chi connectivity index (χ0) is 12.8. The minimum absolute atomic E-state index is 0.113. The van der Waals surface area contributed by atoms with E-state index in [0.29, 0.717) is 6.42 Å². The van der Waals surface area contributed by atoms with Crippen molar-refractivity contribution in [3.63, 3.8) is 0 Å². The number of benzene rings is 1. The van der Waals surface area contributed by atoms with Crippen LogP contribution in [0.15, 0.2) is 18.2 Å². The van der Waals surface area contributed by atoms with Gasteiger partial charge in [0.05, 0.1) is 5.92 Å². The minimum atomic E-state index is -0.929. The smallest absolute Gasteiger partial charge is 0.306 e. The SMILES string of the molecule is CCCC[C@H](Cc1ccc(F)cc1F)C(=O)O. The highest BCUT2D eigenvalue weighted by Gasteiger charge is 2.19. The van der Waals surface area contributed by atoms with Gasteiger partial charge in [0.25, 0.3) is 0 Å². The Bertz CT molecular complexity index is 391. The van der Waals surface area contributed by atoms with Gasteiger partial charge in [0, 0.05) is 6.07 Å². The van der Waals surface area contributed by atoms with Crippen molar-refractivity contribution in [1.29, 1.82) is 0 Å². The van der Waals surface area contributed by atoms with E-state index in [1.807, 2.05) is 6.92 Å². The number of unbranched alkanes of at least 4 members (excludes halogenated alkanes) is 1. The minimum Gasteiger partial charge on any atom is -0.481 e. The van der Waals surface area contributed by atoms with E-state index in [4.69, 9.17) is 5.11 Å². The highest BCUT2D eigenvalue weighted by Crippen LogP contribution is 2.18. The summed E-state index contributed by atoms with van der Waals surface area (Å²) in [6.07, 6.45) is 2.32. The maximum Gasteiger partial charge on any atom is 0.306 e. The summed E-state index contributed by atoms with van der Waals surface area (Å²) < 4.78 is 26.1. The van der Waals surface area contributed by atoms with Crippen LogP contribution in [0.25, 0.3) is 0 Å². The van der Waals surface area contributed by atoms with Gasteiger partial charge < -0.3 is 5.11 Å². The molecule has 1 aromatic carbocycles. The van der Waals surface area contributed by atoms with E-state index >= 15 is 0 Å². The molecule has 0 spiro atoms. The van der Waals surface area contributed by atoms with Crippen LogP contribution in [0.1, 0.15) is 31.7 Å². The molecule has 0 aliphatic carbocycles. The maximum absolute atomic E-state index is 13.4. The number of carbonyl (C=O) groups is 1. The monoisotopic (exact) mass is 242 g/mol. The van der Waals surface area contributed by atoms with Crippen LogP contribution in [0.5, 0.6) is 0 Å². The molecule has 0 fully saturated rings. The van der Waals surface area contributed by atoms with Gasteiger partial charge in [-0.15, -0.1) is 0 Å². The van der Waals surface area contributed by atoms with Crippen LogP contribution in [0.2, 0.25) is 0 Å². The van der Waals surface area contributed by atoms with Crippen molar-refractivity contribution >= 4 is 5.97 Å². The van der Waals surface area contributed by atoms with Crippen LogP contribution in [-0.2, 0) is 11.2 Å². The lowest BCUT2D eigenvalue weighted by molar-refractivity contribution is -0.142. The Labute approximate surface area is 99.3 Å². The lowest BCUT2D eigenvalue weighted by atomic mass is 9.94. The Morgan fingerprint density at radius 1 is 1.41 bits per heavy atom. The number of hydrogen-bond donors (Lipinski definition) is 1. The molecule has 0 saturated heterocycles. The van der Waals surface area contributed by atoms with Crippen LogP contribution in [0.3, 0.4) is 0 Å². The predicted molar refractivity (Wildman–Crippen MR) is 60.7 cm³/mol. The van der Waals surface area contributed by atoms with E-state index < -0.39 is 23.5 Å². The third kappa shape index (κ3) is 4.13. The fourth-order valence-corrected chi connectivity index (χ4v) is 1.72. The number of rotatable bonds is 6. The number of hydrogen-bond acceptors (Lipinski definition) is 1. The largest absolute Gasteiger partial charge is 0.481 e. The van der Waals surface area contributed by atoms with E-state index in [-0.39, 0.29) is 12.0 Å². The standard InChI is InChI=1S/C13H16F2O2/c1-2-3-4-10(13(16)17)7-9-5-6-11(14)8-12(9)15/h5-6,8,10H,2-4,7H2,1H3,(H,16,17)/t10-/m1/s1. The molecule has 1 rings (SSSR count). The van der Waals surface area contributed by atoms with Gasteiger partial charge in [-0.3, -0.25) is 4.79 Å². The molecule has 94 valence electrons. The van der Waals surface area contributed by atoms with Gasteiger partial charge in [-0.25, -0.2) is 8.78 Å². The normalized spacial score (nSPS) is 12.4. The van der Waals surface area contributed by atoms with Crippen LogP contribution in [0.4, 0.5) is 8.78 Å². The zero-order valence-electron chi connectivity index (χ0n) is 9.75. The molecule has 0 radical (unpaired) electrons. The third-order valence-corrected chi connectivity index (χ3v) is 2.74. The van der Waals surface area contributed by atoms with E-state index in [1.165, 1.54) is 6.07 Å². The molecule has 0 heterocycles. The van der Waals surface area contributed by atoms with Crippen molar-refractivity contribution in [2.75, 3.05) is 0 Å². The number of aliphatic carboxylic acids is 1. The summed E-state index contributed by atoms with van der Waals surface area (Å²) >= 11 is 0. The molecule has 0 aromatic heterocycles. The lowest BCUT2D eigenvalue weighted by Gasteiger charge is -2.12. The summed E-state index contributed by atoms with van der Waals surface area (Å²) in [6, 6.07) is 3.25. The molecule has 0 amide bonds. The molecule has 0 bridgehead atoms. The van der Waals surface area contributed by atoms with Crippen molar-refractivity contribution in [1.82, 2.24) is 0 Å². The van der Waals surface area contributed by atoms with Crippen LogP contribution >= 0.6 is 0 Å². The Morgan fingerprint density at radius 2 is 2.12 bits per heavy atom. The second kappa shape index (κ2) is 6.33. The first-order valence-corrected chi connectivity index (χ1v) is 5.71. The summed E-state index contributed by atoms with van der Waals surface area (Å²) in [4.78, 5) is 11.0. The molecule has 17 heavy (non-hydrogen) atoms. The van der Waals surface area contributed by atoms with E-state index in [2.05, 4.69) is 0 Å². The molecule has 0 unspecified atom stereocenters. The van der Waals surface area contributed by atoms with Gasteiger partial charge in [0.2, 0.25) is 0 Å². The Balaban J connectivity index is 2.75. The first-order chi connectivity index (χ1) is 8.04. The highest BCUT2D eigenvalue weighted by atomic mass is 19.1. The van der Waals surface area contributed by atoms with Gasteiger partial charge in [-0.2, -0.15) is 0 Å². The quantitative estimate of drug-likeness (QED) is 0.830. The van der Waals surface area contributed by atoms with Gasteiger partial charge in [-0.1, -0.05) is 25.8 Å². The number of carboxylic acid groups (broad SMARTS) is 1. The molecule has 0 aliphatic rings. The molecule has 1 N–H and O–H groups in total. The molecule has 2 nitrogen and oxygen atoms in total. The first-order valence-electron chi connectivity index (χ1n) is 5.71. The second-order valence-corrected chi connectivity index (χ2v) is 4.12. The molecular formula is C13H16F2O2.